The van der Waals surface area contributed by atoms with Gasteiger partial charge in [-0.25, -0.2) is 9.18 Å². The fraction of sp³-hybridized carbons (Fsp3) is 0.588. The van der Waals surface area contributed by atoms with Gasteiger partial charge in [0.2, 0.25) is 0 Å². The van der Waals surface area contributed by atoms with Crippen molar-refractivity contribution in [2.24, 2.45) is 5.92 Å². The standard InChI is InChI=1S/C17H24FNO2/c1-12(2)10-19(15-5-3-4-6-15)11-14-9-13(17(20)21)7-8-16(14)18/h7-9,12,15H,3-6,10-11H2,1-2H3,(H,20,21). The number of hydrogen-bond donors (Lipinski definition) is 1. The molecule has 0 unspecified atom stereocenters. The maximum absolute atomic E-state index is 14.0. The summed E-state index contributed by atoms with van der Waals surface area (Å²) in [6.07, 6.45) is 4.79. The molecule has 21 heavy (non-hydrogen) atoms. The van der Waals surface area contributed by atoms with Crippen LogP contribution in [-0.2, 0) is 6.54 Å². The van der Waals surface area contributed by atoms with Crippen LogP contribution >= 0.6 is 0 Å². The summed E-state index contributed by atoms with van der Waals surface area (Å²) >= 11 is 0. The summed E-state index contributed by atoms with van der Waals surface area (Å²) in [7, 11) is 0. The number of carboxylic acids is 1. The van der Waals surface area contributed by atoms with Crippen LogP contribution in [0.5, 0.6) is 0 Å². The molecule has 1 aliphatic carbocycles. The van der Waals surface area contributed by atoms with E-state index in [0.717, 1.165) is 19.4 Å². The van der Waals surface area contributed by atoms with E-state index in [1.807, 2.05) is 0 Å². The van der Waals surface area contributed by atoms with E-state index in [1.54, 1.807) is 0 Å². The third kappa shape index (κ3) is 4.27. The highest BCUT2D eigenvalue weighted by molar-refractivity contribution is 5.87. The number of rotatable bonds is 6. The molecule has 1 N–H and O–H groups in total. The first-order chi connectivity index (χ1) is 9.97. The Morgan fingerprint density at radius 3 is 2.62 bits per heavy atom. The Balaban J connectivity index is 2.18. The van der Waals surface area contributed by atoms with Crippen LogP contribution < -0.4 is 0 Å². The highest BCUT2D eigenvalue weighted by atomic mass is 19.1. The van der Waals surface area contributed by atoms with Crippen LogP contribution in [0.3, 0.4) is 0 Å². The van der Waals surface area contributed by atoms with E-state index in [-0.39, 0.29) is 11.4 Å². The van der Waals surface area contributed by atoms with Crippen LogP contribution in [0.25, 0.3) is 0 Å². The SMILES string of the molecule is CC(C)CN(Cc1cc(C(=O)O)ccc1F)C1CCCC1. The molecule has 1 aliphatic rings. The largest absolute Gasteiger partial charge is 0.478 e. The van der Waals surface area contributed by atoms with Gasteiger partial charge in [-0.15, -0.1) is 0 Å². The van der Waals surface area contributed by atoms with Crippen molar-refractivity contribution in [3.8, 4) is 0 Å². The van der Waals surface area contributed by atoms with Crippen molar-refractivity contribution < 1.29 is 14.3 Å². The van der Waals surface area contributed by atoms with Gasteiger partial charge in [-0.05, 0) is 37.0 Å². The van der Waals surface area contributed by atoms with Crippen LogP contribution in [-0.4, -0.2) is 28.6 Å². The van der Waals surface area contributed by atoms with Gasteiger partial charge in [-0.3, -0.25) is 4.90 Å². The quantitative estimate of drug-likeness (QED) is 0.864. The maximum Gasteiger partial charge on any atom is 0.335 e. The van der Waals surface area contributed by atoms with Crippen molar-refractivity contribution in [1.29, 1.82) is 0 Å². The summed E-state index contributed by atoms with van der Waals surface area (Å²) in [6, 6.07) is 4.56. The van der Waals surface area contributed by atoms with Gasteiger partial charge < -0.3 is 5.11 Å². The van der Waals surface area contributed by atoms with E-state index >= 15 is 0 Å². The van der Waals surface area contributed by atoms with Gasteiger partial charge >= 0.3 is 5.97 Å². The molecule has 1 fully saturated rings. The van der Waals surface area contributed by atoms with E-state index in [9.17, 15) is 9.18 Å². The molecule has 0 atom stereocenters. The van der Waals surface area contributed by atoms with Crippen LogP contribution in [0.4, 0.5) is 4.39 Å². The molecule has 116 valence electrons. The minimum Gasteiger partial charge on any atom is -0.478 e. The third-order valence-electron chi connectivity index (χ3n) is 4.11. The van der Waals surface area contributed by atoms with Gasteiger partial charge in [0.05, 0.1) is 5.56 Å². The summed E-state index contributed by atoms with van der Waals surface area (Å²) < 4.78 is 14.0. The Hall–Kier alpha value is -1.42. The minimum absolute atomic E-state index is 0.155. The summed E-state index contributed by atoms with van der Waals surface area (Å²) in [5.41, 5.74) is 0.643. The molecule has 1 aromatic carbocycles. The predicted molar refractivity (Wildman–Crippen MR) is 80.9 cm³/mol. The number of hydrogen-bond acceptors (Lipinski definition) is 2. The van der Waals surface area contributed by atoms with Crippen molar-refractivity contribution in [3.05, 3.63) is 35.1 Å². The first-order valence-corrected chi connectivity index (χ1v) is 7.73. The Labute approximate surface area is 125 Å². The zero-order valence-corrected chi connectivity index (χ0v) is 12.8. The lowest BCUT2D eigenvalue weighted by Crippen LogP contribution is -2.36. The molecular formula is C17H24FNO2. The van der Waals surface area contributed by atoms with Gasteiger partial charge in [0, 0.05) is 24.7 Å². The van der Waals surface area contributed by atoms with E-state index < -0.39 is 5.97 Å². The molecule has 0 saturated heterocycles. The second kappa shape index (κ2) is 7.03. The topological polar surface area (TPSA) is 40.5 Å². The van der Waals surface area contributed by atoms with Gasteiger partial charge in [0.15, 0.2) is 0 Å². The third-order valence-corrected chi connectivity index (χ3v) is 4.11. The van der Waals surface area contributed by atoms with E-state index in [0.29, 0.717) is 24.1 Å². The lowest BCUT2D eigenvalue weighted by Gasteiger charge is -2.30. The van der Waals surface area contributed by atoms with Gasteiger partial charge in [-0.1, -0.05) is 26.7 Å². The molecule has 0 bridgehead atoms. The number of benzene rings is 1. The number of carbonyl (C=O) groups is 1. The van der Waals surface area contributed by atoms with E-state index in [4.69, 9.17) is 5.11 Å². The summed E-state index contributed by atoms with van der Waals surface area (Å²) in [4.78, 5) is 13.4. The van der Waals surface area contributed by atoms with Gasteiger partial charge in [0.1, 0.15) is 5.82 Å². The average molecular weight is 293 g/mol. The lowest BCUT2D eigenvalue weighted by molar-refractivity contribution is 0.0696. The highest BCUT2D eigenvalue weighted by Gasteiger charge is 2.24. The number of carboxylic acid groups (broad SMARTS) is 1. The smallest absolute Gasteiger partial charge is 0.335 e. The molecule has 4 heteroatoms. The Morgan fingerprint density at radius 1 is 1.38 bits per heavy atom. The molecular weight excluding hydrogens is 269 g/mol. The maximum atomic E-state index is 14.0. The van der Waals surface area contributed by atoms with Crippen molar-refractivity contribution in [2.75, 3.05) is 6.54 Å². The lowest BCUT2D eigenvalue weighted by atomic mass is 10.1. The van der Waals surface area contributed by atoms with Crippen molar-refractivity contribution in [3.63, 3.8) is 0 Å². The summed E-state index contributed by atoms with van der Waals surface area (Å²) in [6.45, 7) is 5.73. The van der Waals surface area contributed by atoms with Crippen LogP contribution in [0, 0.1) is 11.7 Å². The molecule has 0 amide bonds. The zero-order chi connectivity index (χ0) is 15.4. The van der Waals surface area contributed by atoms with Crippen LogP contribution in [0.1, 0.15) is 55.5 Å². The predicted octanol–water partition coefficient (Wildman–Crippen LogP) is 3.92. The molecule has 1 aromatic rings. The second-order valence-electron chi connectivity index (χ2n) is 6.37. The van der Waals surface area contributed by atoms with Crippen LogP contribution in [0.15, 0.2) is 18.2 Å². The minimum atomic E-state index is -1.01. The molecule has 0 aromatic heterocycles. The van der Waals surface area contributed by atoms with Gasteiger partial charge in [-0.2, -0.15) is 0 Å². The van der Waals surface area contributed by atoms with Crippen molar-refractivity contribution in [2.45, 2.75) is 52.1 Å². The second-order valence-corrected chi connectivity index (χ2v) is 6.37. The number of halogens is 1. The summed E-state index contributed by atoms with van der Waals surface area (Å²) in [5, 5.41) is 9.06. The Bertz CT molecular complexity index is 496. The van der Waals surface area contributed by atoms with Crippen molar-refractivity contribution >= 4 is 5.97 Å². The number of nitrogens with zero attached hydrogens (tertiary/aromatic N) is 1. The summed E-state index contributed by atoms with van der Waals surface area (Å²) in [5.74, 6) is -0.810. The Kier molecular flexibility index (Phi) is 5.34. The zero-order valence-electron chi connectivity index (χ0n) is 12.8. The fourth-order valence-electron chi connectivity index (χ4n) is 3.13. The highest BCUT2D eigenvalue weighted by Crippen LogP contribution is 2.26. The van der Waals surface area contributed by atoms with Crippen molar-refractivity contribution in [1.82, 2.24) is 4.90 Å². The average Bonchev–Trinajstić information content (AvgIpc) is 2.93. The number of aromatic carboxylic acids is 1. The molecule has 1 saturated carbocycles. The molecule has 0 aliphatic heterocycles. The first kappa shape index (κ1) is 16.0. The van der Waals surface area contributed by atoms with Crippen LogP contribution in [0.2, 0.25) is 0 Å². The molecule has 0 heterocycles. The molecule has 0 spiro atoms. The van der Waals surface area contributed by atoms with E-state index in [1.165, 1.54) is 31.0 Å². The monoisotopic (exact) mass is 293 g/mol. The molecule has 3 nitrogen and oxygen atoms in total. The molecule has 2 rings (SSSR count). The molecule has 0 radical (unpaired) electrons. The van der Waals surface area contributed by atoms with E-state index in [2.05, 4.69) is 18.7 Å². The fourth-order valence-corrected chi connectivity index (χ4v) is 3.13. The Morgan fingerprint density at radius 2 is 2.05 bits per heavy atom. The first-order valence-electron chi connectivity index (χ1n) is 7.73. The van der Waals surface area contributed by atoms with Gasteiger partial charge in [0.25, 0.3) is 0 Å². The normalized spacial score (nSPS) is 16.0.